The van der Waals surface area contributed by atoms with Gasteiger partial charge in [-0.25, -0.2) is 0 Å². The summed E-state index contributed by atoms with van der Waals surface area (Å²) in [6.07, 6.45) is 2.70. The Labute approximate surface area is 240 Å². The zero-order chi connectivity index (χ0) is 27.6. The molecule has 4 aromatic carbocycles. The first-order valence-electron chi connectivity index (χ1n) is 13.4. The maximum Gasteiger partial charge on any atom is 0.291 e. The third-order valence-corrected chi connectivity index (χ3v) is 7.95. The first-order valence-corrected chi connectivity index (χ1v) is 14.2. The van der Waals surface area contributed by atoms with Gasteiger partial charge in [0.1, 0.15) is 12.4 Å². The predicted octanol–water partition coefficient (Wildman–Crippen LogP) is 5.63. The molecular formula is C33H25N5O2S. The van der Waals surface area contributed by atoms with Crippen molar-refractivity contribution in [2.24, 2.45) is 5.10 Å². The standard InChI is InChI=1S/C33H25N5O2S/c39-32-30(41-33-34-31(36-38(32)33)22-40-27-14-8-3-9-15-27)20-23-16-18-26(19-17-23)37-29(25-12-6-2-7-13-25)21-28(35-37)24-10-4-1-5-11-24/h1-20,29H,21-22H2/b30-20-. The Bertz CT molecular complexity index is 1940. The molecule has 7 rings (SSSR count). The number of thiazole rings is 1. The molecule has 41 heavy (non-hydrogen) atoms. The molecule has 0 saturated heterocycles. The monoisotopic (exact) mass is 555 g/mol. The molecule has 7 nitrogen and oxygen atoms in total. The Morgan fingerprint density at radius 2 is 1.54 bits per heavy atom. The van der Waals surface area contributed by atoms with Crippen LogP contribution in [-0.4, -0.2) is 20.3 Å². The van der Waals surface area contributed by atoms with Crippen molar-refractivity contribution in [3.8, 4) is 5.75 Å². The number of nitrogens with zero attached hydrogens (tertiary/aromatic N) is 5. The van der Waals surface area contributed by atoms with Crippen LogP contribution in [0.5, 0.6) is 5.75 Å². The van der Waals surface area contributed by atoms with E-state index in [0.29, 0.717) is 15.3 Å². The van der Waals surface area contributed by atoms with Crippen molar-refractivity contribution in [1.82, 2.24) is 14.6 Å². The average Bonchev–Trinajstić information content (AvgIpc) is 3.73. The van der Waals surface area contributed by atoms with Gasteiger partial charge in [0.05, 0.1) is 22.0 Å². The summed E-state index contributed by atoms with van der Waals surface area (Å²) in [5.41, 5.74) is 5.15. The highest BCUT2D eigenvalue weighted by molar-refractivity contribution is 7.15. The number of aromatic nitrogens is 3. The summed E-state index contributed by atoms with van der Waals surface area (Å²) in [6.45, 7) is 0.202. The Morgan fingerprint density at radius 3 is 2.24 bits per heavy atom. The van der Waals surface area contributed by atoms with Gasteiger partial charge >= 0.3 is 0 Å². The molecule has 0 N–H and O–H groups in total. The second-order valence-electron chi connectivity index (χ2n) is 9.72. The van der Waals surface area contributed by atoms with Gasteiger partial charge in [-0.3, -0.25) is 9.80 Å². The first-order chi connectivity index (χ1) is 20.2. The number of hydrazone groups is 1. The van der Waals surface area contributed by atoms with Gasteiger partial charge in [-0.2, -0.15) is 14.6 Å². The lowest BCUT2D eigenvalue weighted by molar-refractivity contribution is 0.296. The summed E-state index contributed by atoms with van der Waals surface area (Å²) in [6, 6.07) is 38.5. The number of hydrogen-bond donors (Lipinski definition) is 0. The van der Waals surface area contributed by atoms with Crippen molar-refractivity contribution in [1.29, 1.82) is 0 Å². The summed E-state index contributed by atoms with van der Waals surface area (Å²) in [7, 11) is 0. The third-order valence-electron chi connectivity index (χ3n) is 6.99. The molecular weight excluding hydrogens is 530 g/mol. The molecule has 1 unspecified atom stereocenters. The van der Waals surface area contributed by atoms with Gasteiger partial charge in [0, 0.05) is 6.42 Å². The number of benzene rings is 4. The number of ether oxygens (including phenoxy) is 1. The van der Waals surface area contributed by atoms with Crippen molar-refractivity contribution < 1.29 is 4.74 Å². The number of para-hydroxylation sites is 1. The van der Waals surface area contributed by atoms with Gasteiger partial charge in [0.25, 0.3) is 5.56 Å². The fourth-order valence-corrected chi connectivity index (χ4v) is 5.89. The molecule has 3 heterocycles. The molecule has 200 valence electrons. The SMILES string of the molecule is O=c1/c(=C/c2ccc(N3N=C(c4ccccc4)CC3c3ccccc3)cc2)sc2nc(COc3ccccc3)nn12. The van der Waals surface area contributed by atoms with Crippen molar-refractivity contribution in [2.45, 2.75) is 19.1 Å². The minimum Gasteiger partial charge on any atom is -0.486 e. The molecule has 0 aliphatic carbocycles. The van der Waals surface area contributed by atoms with Crippen LogP contribution in [0, 0.1) is 0 Å². The first kappa shape index (κ1) is 24.9. The van der Waals surface area contributed by atoms with Crippen LogP contribution in [0.1, 0.15) is 35.0 Å². The largest absolute Gasteiger partial charge is 0.486 e. The highest BCUT2D eigenvalue weighted by atomic mass is 32.1. The van der Waals surface area contributed by atoms with Crippen LogP contribution >= 0.6 is 11.3 Å². The van der Waals surface area contributed by atoms with E-state index in [9.17, 15) is 4.79 Å². The molecule has 0 saturated carbocycles. The van der Waals surface area contributed by atoms with Crippen LogP contribution in [-0.2, 0) is 6.61 Å². The summed E-state index contributed by atoms with van der Waals surface area (Å²) >= 11 is 1.32. The van der Waals surface area contributed by atoms with Gasteiger partial charge in [-0.15, -0.1) is 5.10 Å². The predicted molar refractivity (Wildman–Crippen MR) is 162 cm³/mol. The summed E-state index contributed by atoms with van der Waals surface area (Å²) < 4.78 is 7.65. The van der Waals surface area contributed by atoms with Crippen molar-refractivity contribution in [3.63, 3.8) is 0 Å². The lowest BCUT2D eigenvalue weighted by Crippen LogP contribution is -2.24. The van der Waals surface area contributed by atoms with Gasteiger partial charge in [0.15, 0.2) is 5.82 Å². The molecule has 0 spiro atoms. The molecule has 0 bridgehead atoms. The maximum absolute atomic E-state index is 13.0. The summed E-state index contributed by atoms with van der Waals surface area (Å²) in [4.78, 5) is 18.1. The quantitative estimate of drug-likeness (QED) is 0.255. The molecule has 1 aliphatic rings. The Morgan fingerprint density at radius 1 is 0.854 bits per heavy atom. The molecule has 0 amide bonds. The number of anilines is 1. The van der Waals surface area contributed by atoms with Gasteiger partial charge in [0.2, 0.25) is 4.96 Å². The fraction of sp³-hybridized carbons (Fsp3) is 0.0909. The van der Waals surface area contributed by atoms with E-state index in [1.54, 1.807) is 0 Å². The lowest BCUT2D eigenvalue weighted by Gasteiger charge is -2.24. The topological polar surface area (TPSA) is 72.1 Å². The highest BCUT2D eigenvalue weighted by Crippen LogP contribution is 2.36. The molecule has 6 aromatic rings. The molecule has 1 aliphatic heterocycles. The summed E-state index contributed by atoms with van der Waals surface area (Å²) in [5, 5.41) is 11.5. The second kappa shape index (κ2) is 10.8. The van der Waals surface area contributed by atoms with Crippen LogP contribution in [0.3, 0.4) is 0 Å². The minimum absolute atomic E-state index is 0.102. The molecule has 2 aromatic heterocycles. The van der Waals surface area contributed by atoms with Gasteiger partial charge in [-0.05, 0) is 47.0 Å². The van der Waals surface area contributed by atoms with Crippen molar-refractivity contribution >= 4 is 33.8 Å². The van der Waals surface area contributed by atoms with Crippen molar-refractivity contribution in [2.75, 3.05) is 5.01 Å². The van der Waals surface area contributed by atoms with E-state index in [1.807, 2.05) is 72.8 Å². The average molecular weight is 556 g/mol. The van der Waals surface area contributed by atoms with E-state index < -0.39 is 0 Å². The zero-order valence-corrected chi connectivity index (χ0v) is 22.8. The Kier molecular flexibility index (Phi) is 6.58. The van der Waals surface area contributed by atoms with Crippen LogP contribution in [0.4, 0.5) is 5.69 Å². The van der Waals surface area contributed by atoms with E-state index in [4.69, 9.17) is 9.84 Å². The van der Waals surface area contributed by atoms with E-state index in [0.717, 1.165) is 34.7 Å². The van der Waals surface area contributed by atoms with Crippen LogP contribution in [0.25, 0.3) is 11.0 Å². The van der Waals surface area contributed by atoms with Crippen LogP contribution < -0.4 is 19.8 Å². The van der Waals surface area contributed by atoms with E-state index in [1.165, 1.54) is 21.4 Å². The second-order valence-corrected chi connectivity index (χ2v) is 10.7. The van der Waals surface area contributed by atoms with E-state index >= 15 is 0 Å². The number of fused-ring (bicyclic) bond motifs is 1. The highest BCUT2D eigenvalue weighted by Gasteiger charge is 2.29. The normalized spacial score (nSPS) is 15.4. The zero-order valence-electron chi connectivity index (χ0n) is 22.0. The number of rotatable bonds is 7. The minimum atomic E-state index is -0.187. The Balaban J connectivity index is 1.14. The third kappa shape index (κ3) is 5.13. The van der Waals surface area contributed by atoms with Crippen LogP contribution in [0.2, 0.25) is 0 Å². The smallest absolute Gasteiger partial charge is 0.291 e. The van der Waals surface area contributed by atoms with Crippen LogP contribution in [0.15, 0.2) is 125 Å². The number of hydrogen-bond acceptors (Lipinski definition) is 7. The Hall–Kier alpha value is -5.08. The van der Waals surface area contributed by atoms with E-state index in [2.05, 4.69) is 63.6 Å². The fourth-order valence-electron chi connectivity index (χ4n) is 4.96. The summed E-state index contributed by atoms with van der Waals surface area (Å²) in [5.74, 6) is 1.21. The molecule has 8 heteroatoms. The maximum atomic E-state index is 13.0. The molecule has 0 radical (unpaired) electrons. The molecule has 1 atom stereocenters. The van der Waals surface area contributed by atoms with Gasteiger partial charge in [-0.1, -0.05) is 102 Å². The van der Waals surface area contributed by atoms with Crippen molar-refractivity contribution in [3.05, 3.63) is 153 Å². The van der Waals surface area contributed by atoms with E-state index in [-0.39, 0.29) is 18.2 Å². The molecule has 0 fully saturated rings. The van der Waals surface area contributed by atoms with Gasteiger partial charge < -0.3 is 4.74 Å². The lowest BCUT2D eigenvalue weighted by atomic mass is 9.98.